The molecule has 0 radical (unpaired) electrons. The van der Waals surface area contributed by atoms with Gasteiger partial charge >= 0.3 is 5.97 Å². The highest BCUT2D eigenvalue weighted by Crippen LogP contribution is 2.18. The fourth-order valence-electron chi connectivity index (χ4n) is 2.08. The van der Waals surface area contributed by atoms with Gasteiger partial charge in [-0.05, 0) is 48.3 Å². The van der Waals surface area contributed by atoms with E-state index in [1.807, 2.05) is 24.6 Å². The van der Waals surface area contributed by atoms with E-state index >= 15 is 0 Å². The third kappa shape index (κ3) is 4.04. The minimum atomic E-state index is -0.996. The molecule has 2 rings (SSSR count). The van der Waals surface area contributed by atoms with Crippen LogP contribution in [0.5, 0.6) is 0 Å². The molecule has 2 N–H and O–H groups in total. The molecule has 0 aromatic carbocycles. The van der Waals surface area contributed by atoms with Gasteiger partial charge in [-0.1, -0.05) is 0 Å². The minimum absolute atomic E-state index is 0.162. The highest BCUT2D eigenvalue weighted by Gasteiger charge is 2.11. The number of anilines is 1. The average Bonchev–Trinajstić information content (AvgIpc) is 2.74. The Morgan fingerprint density at radius 3 is 2.81 bits per heavy atom. The number of pyridine rings is 1. The number of halogens is 1. The number of rotatable bonds is 6. The molecule has 0 aliphatic carbocycles. The van der Waals surface area contributed by atoms with Gasteiger partial charge in [-0.2, -0.15) is 5.10 Å². The molecule has 0 bridgehead atoms. The number of carboxylic acids is 1. The van der Waals surface area contributed by atoms with Crippen molar-refractivity contribution in [3.8, 4) is 0 Å². The molecule has 21 heavy (non-hydrogen) atoms. The van der Waals surface area contributed by atoms with Gasteiger partial charge in [0, 0.05) is 29.5 Å². The molecule has 0 amide bonds. The molecule has 0 aliphatic rings. The Hall–Kier alpha value is -1.89. The van der Waals surface area contributed by atoms with Crippen molar-refractivity contribution >= 4 is 27.7 Å². The van der Waals surface area contributed by atoms with Crippen LogP contribution in [0.3, 0.4) is 0 Å². The molecule has 7 heteroatoms. The minimum Gasteiger partial charge on any atom is -0.478 e. The molecule has 0 fully saturated rings. The lowest BCUT2D eigenvalue weighted by Gasteiger charge is -2.09. The van der Waals surface area contributed by atoms with Crippen molar-refractivity contribution < 1.29 is 9.90 Å². The van der Waals surface area contributed by atoms with Crippen LogP contribution in [-0.4, -0.2) is 32.4 Å². The number of aromatic nitrogens is 3. The summed E-state index contributed by atoms with van der Waals surface area (Å²) < 4.78 is 2.59. The molecule has 2 aromatic heterocycles. The first kappa shape index (κ1) is 15.5. The van der Waals surface area contributed by atoms with Crippen molar-refractivity contribution in [2.24, 2.45) is 0 Å². The first-order valence-corrected chi connectivity index (χ1v) is 7.40. The van der Waals surface area contributed by atoms with E-state index in [2.05, 4.69) is 31.3 Å². The predicted molar refractivity (Wildman–Crippen MR) is 83.7 cm³/mol. The lowest BCUT2D eigenvalue weighted by molar-refractivity contribution is 0.0697. The van der Waals surface area contributed by atoms with Gasteiger partial charge in [0.2, 0.25) is 0 Å². The van der Waals surface area contributed by atoms with Gasteiger partial charge < -0.3 is 10.4 Å². The normalized spacial score (nSPS) is 10.6. The first-order valence-electron chi connectivity index (χ1n) is 6.61. The lowest BCUT2D eigenvalue weighted by Crippen LogP contribution is -2.12. The van der Waals surface area contributed by atoms with E-state index in [0.717, 1.165) is 24.4 Å². The maximum absolute atomic E-state index is 11.2. The topological polar surface area (TPSA) is 80.0 Å². The van der Waals surface area contributed by atoms with Crippen LogP contribution in [0.15, 0.2) is 22.8 Å². The SMILES string of the molecule is Cc1cc(C)n(CCCNc2ncc(Br)cc2C(=O)O)n1. The molecular weight excluding hydrogens is 336 g/mol. The van der Waals surface area contributed by atoms with Crippen LogP contribution in [0.4, 0.5) is 5.82 Å². The second-order valence-electron chi connectivity index (χ2n) is 4.79. The van der Waals surface area contributed by atoms with Gasteiger partial charge in [-0.25, -0.2) is 9.78 Å². The summed E-state index contributed by atoms with van der Waals surface area (Å²) in [7, 11) is 0. The molecule has 6 nitrogen and oxygen atoms in total. The van der Waals surface area contributed by atoms with E-state index in [-0.39, 0.29) is 5.56 Å². The maximum Gasteiger partial charge on any atom is 0.339 e. The zero-order chi connectivity index (χ0) is 15.4. The van der Waals surface area contributed by atoms with Crippen molar-refractivity contribution in [1.82, 2.24) is 14.8 Å². The van der Waals surface area contributed by atoms with E-state index in [1.54, 1.807) is 12.3 Å². The molecule has 2 aromatic rings. The van der Waals surface area contributed by atoms with E-state index in [9.17, 15) is 4.79 Å². The van der Waals surface area contributed by atoms with E-state index in [4.69, 9.17) is 5.11 Å². The van der Waals surface area contributed by atoms with Gasteiger partial charge in [-0.15, -0.1) is 0 Å². The molecule has 112 valence electrons. The van der Waals surface area contributed by atoms with E-state index in [1.165, 1.54) is 0 Å². The van der Waals surface area contributed by atoms with Crippen LogP contribution in [0.25, 0.3) is 0 Å². The molecular formula is C14H17BrN4O2. The largest absolute Gasteiger partial charge is 0.478 e. The van der Waals surface area contributed by atoms with Gasteiger partial charge in [0.05, 0.1) is 5.69 Å². The fourth-order valence-corrected chi connectivity index (χ4v) is 2.41. The smallest absolute Gasteiger partial charge is 0.339 e. The van der Waals surface area contributed by atoms with Crippen molar-refractivity contribution in [3.05, 3.63) is 39.8 Å². The standard InChI is InChI=1S/C14H17BrN4O2/c1-9-6-10(2)19(18-9)5-3-4-16-13-12(14(20)21)7-11(15)8-17-13/h6-8H,3-5H2,1-2H3,(H,16,17)(H,20,21). The number of hydrogen-bond donors (Lipinski definition) is 2. The molecule has 0 aliphatic heterocycles. The number of aromatic carboxylic acids is 1. The number of hydrogen-bond acceptors (Lipinski definition) is 4. The van der Waals surface area contributed by atoms with Crippen molar-refractivity contribution in [3.63, 3.8) is 0 Å². The Kier molecular flexibility index (Phi) is 4.95. The number of carboxylic acid groups (broad SMARTS) is 1. The van der Waals surface area contributed by atoms with Gasteiger partial charge in [-0.3, -0.25) is 4.68 Å². The summed E-state index contributed by atoms with van der Waals surface area (Å²) >= 11 is 3.22. The second-order valence-corrected chi connectivity index (χ2v) is 5.70. The Balaban J connectivity index is 1.92. The van der Waals surface area contributed by atoms with Crippen LogP contribution in [0.2, 0.25) is 0 Å². The summed E-state index contributed by atoms with van der Waals surface area (Å²) in [5.41, 5.74) is 2.29. The second kappa shape index (κ2) is 6.71. The van der Waals surface area contributed by atoms with Gasteiger partial charge in [0.15, 0.2) is 0 Å². The van der Waals surface area contributed by atoms with Crippen molar-refractivity contribution in [1.29, 1.82) is 0 Å². The number of nitrogens with one attached hydrogen (secondary N) is 1. The monoisotopic (exact) mass is 352 g/mol. The van der Waals surface area contributed by atoms with Gasteiger partial charge in [0.1, 0.15) is 11.4 Å². The Morgan fingerprint density at radius 1 is 1.43 bits per heavy atom. The third-order valence-electron chi connectivity index (χ3n) is 3.03. The zero-order valence-corrected chi connectivity index (χ0v) is 13.5. The third-order valence-corrected chi connectivity index (χ3v) is 3.46. The summed E-state index contributed by atoms with van der Waals surface area (Å²) in [6.45, 7) is 5.40. The summed E-state index contributed by atoms with van der Waals surface area (Å²) in [4.78, 5) is 15.3. The summed E-state index contributed by atoms with van der Waals surface area (Å²) in [6.07, 6.45) is 2.41. The Morgan fingerprint density at radius 2 is 2.19 bits per heavy atom. The fraction of sp³-hybridized carbons (Fsp3) is 0.357. The maximum atomic E-state index is 11.2. The lowest BCUT2D eigenvalue weighted by atomic mass is 10.2. The Labute approximate surface area is 131 Å². The molecule has 0 saturated carbocycles. The first-order chi connectivity index (χ1) is 9.97. The predicted octanol–water partition coefficient (Wildman–Crippen LogP) is 2.86. The molecule has 0 spiro atoms. The number of aryl methyl sites for hydroxylation is 3. The zero-order valence-electron chi connectivity index (χ0n) is 11.9. The summed E-state index contributed by atoms with van der Waals surface area (Å²) in [6, 6.07) is 3.57. The molecule has 2 heterocycles. The number of carbonyl (C=O) groups is 1. The summed E-state index contributed by atoms with van der Waals surface area (Å²) in [5, 5.41) is 16.6. The highest BCUT2D eigenvalue weighted by atomic mass is 79.9. The van der Waals surface area contributed by atoms with E-state index in [0.29, 0.717) is 16.8 Å². The Bertz CT molecular complexity index is 654. The summed E-state index contributed by atoms with van der Waals surface area (Å²) in [5.74, 6) is -0.607. The quantitative estimate of drug-likeness (QED) is 0.781. The van der Waals surface area contributed by atoms with Crippen LogP contribution in [-0.2, 0) is 6.54 Å². The average molecular weight is 353 g/mol. The van der Waals surface area contributed by atoms with Gasteiger partial charge in [0.25, 0.3) is 0 Å². The van der Waals surface area contributed by atoms with E-state index < -0.39 is 5.97 Å². The molecule has 0 unspecified atom stereocenters. The van der Waals surface area contributed by atoms with Crippen LogP contribution in [0.1, 0.15) is 28.2 Å². The highest BCUT2D eigenvalue weighted by molar-refractivity contribution is 9.10. The molecule has 0 saturated heterocycles. The van der Waals surface area contributed by atoms with Crippen molar-refractivity contribution in [2.45, 2.75) is 26.8 Å². The van der Waals surface area contributed by atoms with Crippen LogP contribution >= 0.6 is 15.9 Å². The van der Waals surface area contributed by atoms with Crippen LogP contribution < -0.4 is 5.32 Å². The van der Waals surface area contributed by atoms with Crippen LogP contribution in [0, 0.1) is 13.8 Å². The molecule has 0 atom stereocenters. The van der Waals surface area contributed by atoms with Crippen molar-refractivity contribution in [2.75, 3.05) is 11.9 Å². The number of nitrogens with zero attached hydrogens (tertiary/aromatic N) is 3.